The zero-order chi connectivity index (χ0) is 14.5. The summed E-state index contributed by atoms with van der Waals surface area (Å²) >= 11 is 0. The molecule has 5 heteroatoms. The molecule has 0 saturated carbocycles. The van der Waals surface area contributed by atoms with Crippen molar-refractivity contribution < 1.29 is 18.5 Å². The van der Waals surface area contributed by atoms with Crippen LogP contribution in [0, 0.1) is 5.82 Å². The van der Waals surface area contributed by atoms with E-state index in [0.717, 1.165) is 0 Å². The van der Waals surface area contributed by atoms with Gasteiger partial charge in [-0.15, -0.1) is 0 Å². The molecule has 2 rings (SSSR count). The lowest BCUT2D eigenvalue weighted by Gasteiger charge is -2.13. The molecule has 0 heterocycles. The molecule has 3 nitrogen and oxygen atoms in total. The monoisotopic (exact) mass is 292 g/mol. The number of hydrogen-bond acceptors (Lipinski definition) is 2. The van der Waals surface area contributed by atoms with E-state index in [4.69, 9.17) is 0 Å². The van der Waals surface area contributed by atoms with Gasteiger partial charge in [-0.25, -0.2) is 4.39 Å². The van der Waals surface area contributed by atoms with Gasteiger partial charge < -0.3 is 5.11 Å². The first-order valence-corrected chi connectivity index (χ1v) is 7.36. The van der Waals surface area contributed by atoms with Crippen molar-refractivity contribution in [2.24, 2.45) is 0 Å². The van der Waals surface area contributed by atoms with Gasteiger partial charge in [-0.3, -0.25) is 9.00 Å². The minimum absolute atomic E-state index is 0.126. The molecule has 0 bridgehead atoms. The van der Waals surface area contributed by atoms with E-state index in [1.165, 1.54) is 18.2 Å². The standard InChI is InChI=1S/C15H13FO3S/c16-13-9-5-4-8-12(13)10-20(19)14(15(17)18)11-6-2-1-3-7-11/h1-9,14H,10H2,(H,17,18). The highest BCUT2D eigenvalue weighted by Gasteiger charge is 2.27. The third-order valence-corrected chi connectivity index (χ3v) is 4.44. The van der Waals surface area contributed by atoms with Gasteiger partial charge in [0, 0.05) is 16.4 Å². The fraction of sp³-hybridized carbons (Fsp3) is 0.133. The summed E-state index contributed by atoms with van der Waals surface area (Å²) in [5.41, 5.74) is 0.711. The van der Waals surface area contributed by atoms with E-state index in [0.29, 0.717) is 5.56 Å². The summed E-state index contributed by atoms with van der Waals surface area (Å²) in [6.07, 6.45) is 0. The van der Waals surface area contributed by atoms with Crippen LogP contribution in [-0.4, -0.2) is 15.3 Å². The number of carbonyl (C=O) groups is 1. The van der Waals surface area contributed by atoms with Crippen molar-refractivity contribution in [1.82, 2.24) is 0 Å². The van der Waals surface area contributed by atoms with E-state index >= 15 is 0 Å². The van der Waals surface area contributed by atoms with Crippen LogP contribution in [0.25, 0.3) is 0 Å². The Hall–Kier alpha value is -2.01. The van der Waals surface area contributed by atoms with Crippen molar-refractivity contribution in [2.45, 2.75) is 11.0 Å². The van der Waals surface area contributed by atoms with Crippen molar-refractivity contribution in [3.05, 3.63) is 71.5 Å². The maximum absolute atomic E-state index is 13.5. The van der Waals surface area contributed by atoms with Crippen molar-refractivity contribution in [3.8, 4) is 0 Å². The quantitative estimate of drug-likeness (QED) is 0.922. The smallest absolute Gasteiger partial charge is 0.323 e. The Morgan fingerprint density at radius 1 is 1.10 bits per heavy atom. The first kappa shape index (κ1) is 14.4. The number of hydrogen-bond donors (Lipinski definition) is 1. The van der Waals surface area contributed by atoms with Gasteiger partial charge in [-0.05, 0) is 11.6 Å². The van der Waals surface area contributed by atoms with Crippen molar-refractivity contribution >= 4 is 16.8 Å². The molecule has 0 aliphatic carbocycles. The van der Waals surface area contributed by atoms with Crippen molar-refractivity contribution in [2.75, 3.05) is 0 Å². The molecular formula is C15H13FO3S. The normalized spacial score (nSPS) is 13.7. The van der Waals surface area contributed by atoms with Gasteiger partial charge in [0.1, 0.15) is 5.82 Å². The molecule has 20 heavy (non-hydrogen) atoms. The van der Waals surface area contributed by atoms with Crippen LogP contribution in [0.15, 0.2) is 54.6 Å². The Bertz CT molecular complexity index is 628. The largest absolute Gasteiger partial charge is 0.480 e. The summed E-state index contributed by atoms with van der Waals surface area (Å²) in [6.45, 7) is 0. The Kier molecular flexibility index (Phi) is 4.63. The van der Waals surface area contributed by atoms with Crippen LogP contribution in [0.3, 0.4) is 0 Å². The average Bonchev–Trinajstić information content (AvgIpc) is 2.42. The fourth-order valence-electron chi connectivity index (χ4n) is 1.89. The second kappa shape index (κ2) is 6.43. The molecule has 2 unspecified atom stereocenters. The summed E-state index contributed by atoms with van der Waals surface area (Å²) in [5, 5.41) is 8.10. The minimum atomic E-state index is -1.74. The Balaban J connectivity index is 2.25. The van der Waals surface area contributed by atoms with Gasteiger partial charge in [0.2, 0.25) is 0 Å². The molecule has 2 aromatic carbocycles. The Morgan fingerprint density at radius 2 is 1.70 bits per heavy atom. The molecule has 0 aromatic heterocycles. The number of aliphatic carboxylic acids is 1. The van der Waals surface area contributed by atoms with Crippen molar-refractivity contribution in [1.29, 1.82) is 0 Å². The van der Waals surface area contributed by atoms with Crippen molar-refractivity contribution in [3.63, 3.8) is 0 Å². The fourth-order valence-corrected chi connectivity index (χ4v) is 3.28. The number of carboxylic acid groups (broad SMARTS) is 1. The molecule has 0 amide bonds. The molecule has 1 N–H and O–H groups in total. The molecule has 0 fully saturated rings. The number of benzene rings is 2. The minimum Gasteiger partial charge on any atom is -0.480 e. The van der Waals surface area contributed by atoms with Crippen LogP contribution < -0.4 is 0 Å². The van der Waals surface area contributed by atoms with Crippen LogP contribution in [0.1, 0.15) is 16.4 Å². The Labute approximate surface area is 118 Å². The second-order valence-corrected chi connectivity index (χ2v) is 5.77. The molecule has 0 aliphatic heterocycles. The molecule has 0 aliphatic rings. The highest BCUT2D eigenvalue weighted by molar-refractivity contribution is 7.85. The maximum atomic E-state index is 13.5. The predicted molar refractivity (Wildman–Crippen MR) is 75.1 cm³/mol. The van der Waals surface area contributed by atoms with Gasteiger partial charge in [0.15, 0.2) is 5.25 Å². The molecule has 104 valence electrons. The second-order valence-electron chi connectivity index (χ2n) is 4.25. The Morgan fingerprint density at radius 3 is 2.30 bits per heavy atom. The van der Waals surface area contributed by atoms with E-state index in [-0.39, 0.29) is 11.3 Å². The SMILES string of the molecule is O=C(O)C(c1ccccc1)S(=O)Cc1ccccc1F. The summed E-state index contributed by atoms with van der Waals surface area (Å²) in [4.78, 5) is 11.3. The first-order valence-electron chi connectivity index (χ1n) is 5.98. The number of carboxylic acids is 1. The highest BCUT2D eigenvalue weighted by atomic mass is 32.2. The van der Waals surface area contributed by atoms with E-state index in [9.17, 15) is 18.5 Å². The summed E-state index contributed by atoms with van der Waals surface area (Å²) in [7, 11) is -1.74. The van der Waals surface area contributed by atoms with Gasteiger partial charge in [-0.1, -0.05) is 48.5 Å². The molecular weight excluding hydrogens is 279 g/mol. The van der Waals surface area contributed by atoms with Crippen LogP contribution in [0.2, 0.25) is 0 Å². The molecule has 2 atom stereocenters. The van der Waals surface area contributed by atoms with E-state index in [1.54, 1.807) is 36.4 Å². The predicted octanol–water partition coefficient (Wildman–Crippen LogP) is 2.90. The zero-order valence-corrected chi connectivity index (χ0v) is 11.3. The lowest BCUT2D eigenvalue weighted by atomic mass is 10.1. The van der Waals surface area contributed by atoms with Crippen LogP contribution >= 0.6 is 0 Å². The highest BCUT2D eigenvalue weighted by Crippen LogP contribution is 2.23. The molecule has 0 saturated heterocycles. The summed E-state index contributed by atoms with van der Waals surface area (Å²) in [6, 6.07) is 14.3. The first-order chi connectivity index (χ1) is 9.59. The average molecular weight is 292 g/mol. The molecule has 0 spiro atoms. The van der Waals surface area contributed by atoms with Crippen LogP contribution in [0.5, 0.6) is 0 Å². The third kappa shape index (κ3) is 3.30. The van der Waals surface area contributed by atoms with Gasteiger partial charge in [0.25, 0.3) is 0 Å². The summed E-state index contributed by atoms with van der Waals surface area (Å²) < 4.78 is 25.8. The van der Waals surface area contributed by atoms with Gasteiger partial charge in [0.05, 0.1) is 5.75 Å². The van der Waals surface area contributed by atoms with Gasteiger partial charge in [-0.2, -0.15) is 0 Å². The van der Waals surface area contributed by atoms with Gasteiger partial charge >= 0.3 is 5.97 Å². The lowest BCUT2D eigenvalue weighted by molar-refractivity contribution is -0.136. The lowest BCUT2D eigenvalue weighted by Crippen LogP contribution is -2.18. The maximum Gasteiger partial charge on any atom is 0.323 e. The third-order valence-electron chi connectivity index (χ3n) is 2.85. The van der Waals surface area contributed by atoms with Crippen LogP contribution in [0.4, 0.5) is 4.39 Å². The topological polar surface area (TPSA) is 54.4 Å². The van der Waals surface area contributed by atoms with Crippen LogP contribution in [-0.2, 0) is 21.3 Å². The molecule has 2 aromatic rings. The number of halogens is 1. The van der Waals surface area contributed by atoms with E-state index < -0.39 is 27.8 Å². The van der Waals surface area contributed by atoms with E-state index in [2.05, 4.69) is 0 Å². The summed E-state index contributed by atoms with van der Waals surface area (Å²) in [5.74, 6) is -1.78. The zero-order valence-electron chi connectivity index (χ0n) is 10.5. The molecule has 0 radical (unpaired) electrons. The van der Waals surface area contributed by atoms with E-state index in [1.807, 2.05) is 0 Å². The number of rotatable bonds is 5.